The Hall–Kier alpha value is -1.64. The monoisotopic (exact) mass is 176 g/mol. The van der Waals surface area contributed by atoms with Crippen molar-refractivity contribution in [1.29, 1.82) is 0 Å². The summed E-state index contributed by atoms with van der Waals surface area (Å²) in [6.45, 7) is 7.19. The van der Waals surface area contributed by atoms with Crippen molar-refractivity contribution in [1.82, 2.24) is 9.97 Å². The van der Waals surface area contributed by atoms with Crippen LogP contribution in [-0.2, 0) is 12.8 Å². The Balaban J connectivity index is 3.02. The maximum absolute atomic E-state index is 11.0. The molecule has 0 amide bonds. The third-order valence-electron chi connectivity index (χ3n) is 1.57. The van der Waals surface area contributed by atoms with E-state index in [1.54, 1.807) is 12.2 Å². The molecule has 0 saturated carbocycles. The summed E-state index contributed by atoms with van der Waals surface area (Å²) in [5.74, 6) is 0. The third kappa shape index (κ3) is 2.71. The van der Waals surface area contributed by atoms with E-state index in [1.165, 1.54) is 0 Å². The van der Waals surface area contributed by atoms with E-state index in [0.29, 0.717) is 12.8 Å². The number of H-pyrrole nitrogens is 1. The van der Waals surface area contributed by atoms with E-state index in [0.717, 1.165) is 11.4 Å². The molecule has 0 aliphatic rings. The lowest BCUT2D eigenvalue weighted by Gasteiger charge is -1.98. The van der Waals surface area contributed by atoms with Crippen LogP contribution in [0.4, 0.5) is 0 Å². The molecule has 0 aliphatic carbocycles. The Morgan fingerprint density at radius 2 is 2.08 bits per heavy atom. The van der Waals surface area contributed by atoms with Crippen LogP contribution in [0.25, 0.3) is 0 Å². The van der Waals surface area contributed by atoms with E-state index in [9.17, 15) is 4.79 Å². The molecule has 0 unspecified atom stereocenters. The summed E-state index contributed by atoms with van der Waals surface area (Å²) in [6, 6.07) is 1.85. The number of hydrogen-bond donors (Lipinski definition) is 1. The third-order valence-corrected chi connectivity index (χ3v) is 1.57. The molecule has 0 aromatic carbocycles. The van der Waals surface area contributed by atoms with Crippen molar-refractivity contribution in [2.75, 3.05) is 0 Å². The van der Waals surface area contributed by atoms with Crippen LogP contribution in [0, 0.1) is 0 Å². The zero-order valence-electron chi connectivity index (χ0n) is 7.42. The SMILES string of the molecule is C=CCc1cc(CC=C)[nH]c(=O)n1. The summed E-state index contributed by atoms with van der Waals surface area (Å²) in [5, 5.41) is 0. The largest absolute Gasteiger partial charge is 0.345 e. The first-order valence-electron chi connectivity index (χ1n) is 4.07. The first-order valence-corrected chi connectivity index (χ1v) is 4.07. The molecule has 1 aromatic rings. The molecule has 3 nitrogen and oxygen atoms in total. The number of nitrogens with zero attached hydrogens (tertiary/aromatic N) is 1. The highest BCUT2D eigenvalue weighted by molar-refractivity contribution is 5.12. The van der Waals surface area contributed by atoms with Crippen LogP contribution in [-0.4, -0.2) is 9.97 Å². The van der Waals surface area contributed by atoms with Gasteiger partial charge in [0.2, 0.25) is 0 Å². The minimum atomic E-state index is -0.309. The van der Waals surface area contributed by atoms with E-state index in [-0.39, 0.29) is 5.69 Å². The summed E-state index contributed by atoms with van der Waals surface area (Å²) < 4.78 is 0. The molecular weight excluding hydrogens is 164 g/mol. The zero-order chi connectivity index (χ0) is 9.68. The highest BCUT2D eigenvalue weighted by Gasteiger charge is 1.97. The van der Waals surface area contributed by atoms with Gasteiger partial charge in [-0.15, -0.1) is 13.2 Å². The lowest BCUT2D eigenvalue weighted by atomic mass is 10.2. The second kappa shape index (κ2) is 4.40. The van der Waals surface area contributed by atoms with Gasteiger partial charge < -0.3 is 4.98 Å². The van der Waals surface area contributed by atoms with E-state index < -0.39 is 0 Å². The molecule has 3 heteroatoms. The van der Waals surface area contributed by atoms with Crippen LogP contribution in [0.1, 0.15) is 11.4 Å². The lowest BCUT2D eigenvalue weighted by molar-refractivity contribution is 0.939. The minimum absolute atomic E-state index is 0.309. The van der Waals surface area contributed by atoms with Gasteiger partial charge in [-0.25, -0.2) is 4.79 Å². The second-order valence-corrected chi connectivity index (χ2v) is 2.69. The number of aromatic nitrogens is 2. The standard InChI is InChI=1S/C10H12N2O/c1-3-5-8-7-9(6-4-2)12-10(13)11-8/h3-4,7H,1-2,5-6H2,(H,11,12,13). The van der Waals surface area contributed by atoms with Gasteiger partial charge in [-0.05, 0) is 6.07 Å². The van der Waals surface area contributed by atoms with E-state index in [2.05, 4.69) is 23.1 Å². The van der Waals surface area contributed by atoms with Gasteiger partial charge >= 0.3 is 5.69 Å². The van der Waals surface area contributed by atoms with Crippen LogP contribution in [0.5, 0.6) is 0 Å². The van der Waals surface area contributed by atoms with Gasteiger partial charge in [-0.1, -0.05) is 12.2 Å². The van der Waals surface area contributed by atoms with Crippen molar-refractivity contribution in [3.05, 3.63) is 53.2 Å². The highest BCUT2D eigenvalue weighted by Crippen LogP contribution is 1.98. The van der Waals surface area contributed by atoms with Crippen LogP contribution < -0.4 is 5.69 Å². The molecule has 13 heavy (non-hydrogen) atoms. The van der Waals surface area contributed by atoms with Crippen LogP contribution in [0.3, 0.4) is 0 Å². The molecule has 0 saturated heterocycles. The zero-order valence-corrected chi connectivity index (χ0v) is 7.42. The molecule has 0 aliphatic heterocycles. The molecule has 68 valence electrons. The van der Waals surface area contributed by atoms with Gasteiger partial charge in [0, 0.05) is 18.5 Å². The Kier molecular flexibility index (Phi) is 3.20. The maximum atomic E-state index is 11.0. The van der Waals surface area contributed by atoms with Crippen LogP contribution in [0.15, 0.2) is 36.2 Å². The fourth-order valence-corrected chi connectivity index (χ4v) is 1.08. The van der Waals surface area contributed by atoms with Gasteiger partial charge in [0.1, 0.15) is 0 Å². The van der Waals surface area contributed by atoms with Crippen molar-refractivity contribution in [3.8, 4) is 0 Å². The van der Waals surface area contributed by atoms with Gasteiger partial charge in [-0.3, -0.25) is 0 Å². The molecule has 1 aromatic heterocycles. The smallest absolute Gasteiger partial charge is 0.309 e. The number of aromatic amines is 1. The summed E-state index contributed by atoms with van der Waals surface area (Å²) in [7, 11) is 0. The molecular formula is C10H12N2O. The fourth-order valence-electron chi connectivity index (χ4n) is 1.08. The normalized spacial score (nSPS) is 9.54. The second-order valence-electron chi connectivity index (χ2n) is 2.69. The quantitative estimate of drug-likeness (QED) is 0.701. The van der Waals surface area contributed by atoms with E-state index >= 15 is 0 Å². The van der Waals surface area contributed by atoms with E-state index in [4.69, 9.17) is 0 Å². The number of allylic oxidation sites excluding steroid dienone is 2. The molecule has 1 rings (SSSR count). The maximum Gasteiger partial charge on any atom is 0.345 e. The van der Waals surface area contributed by atoms with Gasteiger partial charge in [-0.2, -0.15) is 4.98 Å². The number of rotatable bonds is 4. The lowest BCUT2D eigenvalue weighted by Crippen LogP contribution is -2.14. The molecule has 0 bridgehead atoms. The Bertz CT molecular complexity index is 334. The molecule has 0 radical (unpaired) electrons. The average Bonchev–Trinajstić information content (AvgIpc) is 2.04. The number of hydrogen-bond acceptors (Lipinski definition) is 2. The fraction of sp³-hybridized carbons (Fsp3) is 0.200. The molecule has 1 N–H and O–H groups in total. The van der Waals surface area contributed by atoms with E-state index in [1.807, 2.05) is 6.07 Å². The van der Waals surface area contributed by atoms with Crippen molar-refractivity contribution in [2.24, 2.45) is 0 Å². The summed E-state index contributed by atoms with van der Waals surface area (Å²) in [4.78, 5) is 17.4. The Labute approximate surface area is 76.8 Å². The molecule has 0 spiro atoms. The topological polar surface area (TPSA) is 45.8 Å². The first kappa shape index (κ1) is 9.45. The summed E-state index contributed by atoms with van der Waals surface area (Å²) >= 11 is 0. The first-order chi connectivity index (χ1) is 6.26. The van der Waals surface area contributed by atoms with Crippen molar-refractivity contribution in [3.63, 3.8) is 0 Å². The predicted molar refractivity (Wildman–Crippen MR) is 52.7 cm³/mol. The van der Waals surface area contributed by atoms with Gasteiger partial charge in [0.15, 0.2) is 0 Å². The van der Waals surface area contributed by atoms with Crippen molar-refractivity contribution >= 4 is 0 Å². The van der Waals surface area contributed by atoms with Gasteiger partial charge in [0.05, 0.1) is 5.69 Å². The molecule has 0 atom stereocenters. The highest BCUT2D eigenvalue weighted by atomic mass is 16.1. The summed E-state index contributed by atoms with van der Waals surface area (Å²) in [5.41, 5.74) is 1.28. The van der Waals surface area contributed by atoms with Gasteiger partial charge in [0.25, 0.3) is 0 Å². The molecule has 0 fully saturated rings. The minimum Gasteiger partial charge on any atom is -0.309 e. The van der Waals surface area contributed by atoms with Crippen molar-refractivity contribution < 1.29 is 0 Å². The summed E-state index contributed by atoms with van der Waals surface area (Å²) in [6.07, 6.45) is 4.73. The van der Waals surface area contributed by atoms with Crippen LogP contribution in [0.2, 0.25) is 0 Å². The van der Waals surface area contributed by atoms with Crippen molar-refractivity contribution in [2.45, 2.75) is 12.8 Å². The Morgan fingerprint density at radius 3 is 2.69 bits per heavy atom. The average molecular weight is 176 g/mol. The predicted octanol–water partition coefficient (Wildman–Crippen LogP) is 1.23. The molecule has 1 heterocycles. The Morgan fingerprint density at radius 1 is 1.38 bits per heavy atom. The number of nitrogens with one attached hydrogen (secondary N) is 1. The van der Waals surface area contributed by atoms with Crippen LogP contribution >= 0.6 is 0 Å².